The number of carbonyl (C=O) groups is 1. The Bertz CT molecular complexity index is 243. The molecule has 0 spiro atoms. The number of ether oxygens (including phenoxy) is 1. The largest absolute Gasteiger partial charge is 0.465 e. The van der Waals surface area contributed by atoms with Gasteiger partial charge in [0, 0.05) is 6.42 Å². The fourth-order valence-corrected chi connectivity index (χ4v) is 1.96. The second-order valence-electron chi connectivity index (χ2n) is 4.60. The van der Waals surface area contributed by atoms with Crippen molar-refractivity contribution < 1.29 is 9.53 Å². The summed E-state index contributed by atoms with van der Waals surface area (Å²) >= 11 is 0. The lowest BCUT2D eigenvalue weighted by Crippen LogP contribution is -2.20. The molecule has 0 saturated heterocycles. The van der Waals surface area contributed by atoms with E-state index in [-0.39, 0.29) is 5.97 Å². The molecule has 2 atom stereocenters. The molecule has 2 heteroatoms. The fraction of sp³-hybridized carbons (Fsp3) is 0.769. The second kappa shape index (κ2) is 5.94. The third kappa shape index (κ3) is 4.06. The van der Waals surface area contributed by atoms with Crippen molar-refractivity contribution in [3.8, 4) is 0 Å². The summed E-state index contributed by atoms with van der Waals surface area (Å²) in [6, 6.07) is 0. The van der Waals surface area contributed by atoms with Gasteiger partial charge < -0.3 is 4.74 Å². The molecule has 0 bridgehead atoms. The molecule has 0 saturated carbocycles. The number of hydrogen-bond donors (Lipinski definition) is 0. The van der Waals surface area contributed by atoms with Crippen LogP contribution in [0.3, 0.4) is 0 Å². The van der Waals surface area contributed by atoms with Crippen molar-refractivity contribution >= 4 is 5.97 Å². The molecular weight excluding hydrogens is 188 g/mol. The van der Waals surface area contributed by atoms with Gasteiger partial charge in [0.25, 0.3) is 0 Å². The molecule has 1 aliphatic rings. The summed E-state index contributed by atoms with van der Waals surface area (Å²) in [5, 5.41) is 0. The van der Waals surface area contributed by atoms with Crippen LogP contribution in [-0.4, -0.2) is 12.6 Å². The van der Waals surface area contributed by atoms with Crippen LogP contribution in [0.2, 0.25) is 0 Å². The Kier molecular flexibility index (Phi) is 4.86. The maximum absolute atomic E-state index is 11.0. The Hall–Kier alpha value is -0.790. The van der Waals surface area contributed by atoms with Gasteiger partial charge in [-0.25, -0.2) is 0 Å². The smallest absolute Gasteiger partial charge is 0.305 e. The molecule has 0 amide bonds. The topological polar surface area (TPSA) is 26.3 Å². The Morgan fingerprint density at radius 3 is 2.93 bits per heavy atom. The molecule has 0 radical (unpaired) electrons. The standard InChI is InChI=1S/C13H22O2/c1-4-13(14)15-9-11(3)12-7-5-10(2)6-8-12/h5,11-12H,4,6-9H2,1-3H3. The Morgan fingerprint density at radius 1 is 1.67 bits per heavy atom. The summed E-state index contributed by atoms with van der Waals surface area (Å²) in [7, 11) is 0. The molecule has 0 fully saturated rings. The maximum Gasteiger partial charge on any atom is 0.305 e. The van der Waals surface area contributed by atoms with Crippen LogP contribution < -0.4 is 0 Å². The van der Waals surface area contributed by atoms with Crippen molar-refractivity contribution in [3.63, 3.8) is 0 Å². The summed E-state index contributed by atoms with van der Waals surface area (Å²) in [6.45, 7) is 6.80. The maximum atomic E-state index is 11.0. The zero-order valence-electron chi connectivity index (χ0n) is 10.1. The Balaban J connectivity index is 2.28. The average Bonchev–Trinajstić information content (AvgIpc) is 2.26. The molecule has 2 unspecified atom stereocenters. The molecule has 1 rings (SSSR count). The van der Waals surface area contributed by atoms with E-state index in [1.54, 1.807) is 0 Å². The molecule has 2 nitrogen and oxygen atoms in total. The molecule has 0 aromatic heterocycles. The zero-order valence-corrected chi connectivity index (χ0v) is 10.1. The van der Waals surface area contributed by atoms with E-state index in [9.17, 15) is 4.79 Å². The van der Waals surface area contributed by atoms with Gasteiger partial charge >= 0.3 is 5.97 Å². The van der Waals surface area contributed by atoms with Gasteiger partial charge in [-0.15, -0.1) is 0 Å². The van der Waals surface area contributed by atoms with Gasteiger partial charge in [0.1, 0.15) is 0 Å². The van der Waals surface area contributed by atoms with Crippen LogP contribution in [-0.2, 0) is 9.53 Å². The minimum absolute atomic E-state index is 0.0793. The van der Waals surface area contributed by atoms with E-state index in [1.165, 1.54) is 18.4 Å². The Labute approximate surface area is 92.7 Å². The first-order valence-corrected chi connectivity index (χ1v) is 5.94. The fourth-order valence-electron chi connectivity index (χ4n) is 1.96. The van der Waals surface area contributed by atoms with Crippen LogP contribution in [0.4, 0.5) is 0 Å². The summed E-state index contributed by atoms with van der Waals surface area (Å²) in [5.74, 6) is 1.10. The molecule has 0 aromatic rings. The van der Waals surface area contributed by atoms with Gasteiger partial charge in [0.05, 0.1) is 6.61 Å². The summed E-state index contributed by atoms with van der Waals surface area (Å²) < 4.78 is 5.17. The minimum Gasteiger partial charge on any atom is -0.465 e. The second-order valence-corrected chi connectivity index (χ2v) is 4.60. The van der Waals surface area contributed by atoms with Gasteiger partial charge in [0.15, 0.2) is 0 Å². The van der Waals surface area contributed by atoms with Crippen LogP contribution in [0.5, 0.6) is 0 Å². The monoisotopic (exact) mass is 210 g/mol. The molecule has 0 heterocycles. The van der Waals surface area contributed by atoms with Crippen molar-refractivity contribution in [2.45, 2.75) is 46.5 Å². The van der Waals surface area contributed by atoms with Crippen molar-refractivity contribution in [1.82, 2.24) is 0 Å². The van der Waals surface area contributed by atoms with Crippen LogP contribution in [0.15, 0.2) is 11.6 Å². The lowest BCUT2D eigenvalue weighted by Gasteiger charge is -2.26. The van der Waals surface area contributed by atoms with Gasteiger partial charge in [-0.3, -0.25) is 4.79 Å². The lowest BCUT2D eigenvalue weighted by atomic mass is 9.82. The van der Waals surface area contributed by atoms with E-state index in [0.717, 1.165) is 6.42 Å². The molecule has 0 N–H and O–H groups in total. The number of allylic oxidation sites excluding steroid dienone is 2. The number of hydrogen-bond acceptors (Lipinski definition) is 2. The SMILES string of the molecule is CCC(=O)OCC(C)C1CC=C(C)CC1. The molecule has 86 valence electrons. The van der Waals surface area contributed by atoms with Gasteiger partial charge in [-0.1, -0.05) is 25.5 Å². The predicted molar refractivity (Wildman–Crippen MR) is 61.5 cm³/mol. The van der Waals surface area contributed by atoms with Gasteiger partial charge in [-0.2, -0.15) is 0 Å². The third-order valence-electron chi connectivity index (χ3n) is 3.28. The summed E-state index contributed by atoms with van der Waals surface area (Å²) in [6.07, 6.45) is 6.41. The van der Waals surface area contributed by atoms with E-state index in [0.29, 0.717) is 24.9 Å². The highest BCUT2D eigenvalue weighted by molar-refractivity contribution is 5.68. The van der Waals surface area contributed by atoms with E-state index in [1.807, 2.05) is 6.92 Å². The number of rotatable bonds is 4. The van der Waals surface area contributed by atoms with Crippen molar-refractivity contribution in [1.29, 1.82) is 0 Å². The first kappa shape index (κ1) is 12.3. The predicted octanol–water partition coefficient (Wildman–Crippen LogP) is 3.32. The molecule has 1 aliphatic carbocycles. The quantitative estimate of drug-likeness (QED) is 0.525. The van der Waals surface area contributed by atoms with Crippen LogP contribution >= 0.6 is 0 Å². The highest BCUT2D eigenvalue weighted by Crippen LogP contribution is 2.29. The first-order valence-electron chi connectivity index (χ1n) is 5.94. The van der Waals surface area contributed by atoms with Crippen LogP contribution in [0.1, 0.15) is 46.5 Å². The van der Waals surface area contributed by atoms with Crippen LogP contribution in [0.25, 0.3) is 0 Å². The van der Waals surface area contributed by atoms with Gasteiger partial charge in [0.2, 0.25) is 0 Å². The van der Waals surface area contributed by atoms with Gasteiger partial charge in [-0.05, 0) is 38.0 Å². The highest BCUT2D eigenvalue weighted by Gasteiger charge is 2.20. The summed E-state index contributed by atoms with van der Waals surface area (Å²) in [4.78, 5) is 11.0. The van der Waals surface area contributed by atoms with E-state index < -0.39 is 0 Å². The molecule has 0 aromatic carbocycles. The molecule has 15 heavy (non-hydrogen) atoms. The average molecular weight is 210 g/mol. The van der Waals surface area contributed by atoms with E-state index >= 15 is 0 Å². The number of carbonyl (C=O) groups excluding carboxylic acids is 1. The van der Waals surface area contributed by atoms with E-state index in [4.69, 9.17) is 4.74 Å². The molecule has 0 aliphatic heterocycles. The Morgan fingerprint density at radius 2 is 2.40 bits per heavy atom. The minimum atomic E-state index is -0.0793. The first-order chi connectivity index (χ1) is 7.13. The van der Waals surface area contributed by atoms with Crippen molar-refractivity contribution in [2.75, 3.05) is 6.61 Å². The third-order valence-corrected chi connectivity index (χ3v) is 3.28. The lowest BCUT2D eigenvalue weighted by molar-refractivity contribution is -0.145. The van der Waals surface area contributed by atoms with E-state index in [2.05, 4.69) is 19.9 Å². The zero-order chi connectivity index (χ0) is 11.3. The van der Waals surface area contributed by atoms with Crippen molar-refractivity contribution in [3.05, 3.63) is 11.6 Å². The summed E-state index contributed by atoms with van der Waals surface area (Å²) in [5.41, 5.74) is 1.50. The highest BCUT2D eigenvalue weighted by atomic mass is 16.5. The molecular formula is C13H22O2. The normalized spacial score (nSPS) is 23.1. The van der Waals surface area contributed by atoms with Crippen molar-refractivity contribution in [2.24, 2.45) is 11.8 Å². The number of esters is 1. The van der Waals surface area contributed by atoms with Crippen LogP contribution in [0, 0.1) is 11.8 Å².